The van der Waals surface area contributed by atoms with Crippen LogP contribution in [0.4, 0.5) is 5.82 Å². The standard InChI is InChI=1S/C15H22N8O2/c1-16-14(25)15(19-12-3-6-18-21(12)2)4-8-22(9-5-15)13(24)11-23-10-7-17-20-23/h3,6-7,10,19H,4-5,8-9,11H2,1-2H3,(H,16,25). The molecule has 2 amide bonds. The molecule has 1 fully saturated rings. The monoisotopic (exact) mass is 346 g/mol. The van der Waals surface area contributed by atoms with Crippen LogP contribution in [0.3, 0.4) is 0 Å². The van der Waals surface area contributed by atoms with E-state index >= 15 is 0 Å². The maximum absolute atomic E-state index is 12.5. The quantitative estimate of drug-likeness (QED) is 0.736. The first-order chi connectivity index (χ1) is 12.0. The Morgan fingerprint density at radius 1 is 1.28 bits per heavy atom. The highest BCUT2D eigenvalue weighted by Crippen LogP contribution is 2.27. The molecule has 0 aliphatic carbocycles. The Kier molecular flexibility index (Phi) is 4.68. The van der Waals surface area contributed by atoms with E-state index in [4.69, 9.17) is 0 Å². The molecule has 3 heterocycles. The molecule has 0 unspecified atom stereocenters. The minimum Gasteiger partial charge on any atom is -0.357 e. The number of likely N-dealkylation sites (N-methyl/N-ethyl adjacent to an activating group) is 1. The summed E-state index contributed by atoms with van der Waals surface area (Å²) in [7, 11) is 3.44. The van der Waals surface area contributed by atoms with Crippen molar-refractivity contribution in [1.29, 1.82) is 0 Å². The highest BCUT2D eigenvalue weighted by Gasteiger charge is 2.42. The fourth-order valence-corrected chi connectivity index (χ4v) is 3.08. The summed E-state index contributed by atoms with van der Waals surface area (Å²) in [4.78, 5) is 26.7. The molecule has 1 saturated heterocycles. The normalized spacial score (nSPS) is 16.5. The molecule has 10 nitrogen and oxygen atoms in total. The molecule has 2 N–H and O–H groups in total. The average molecular weight is 346 g/mol. The van der Waals surface area contributed by atoms with Crippen LogP contribution in [0.1, 0.15) is 12.8 Å². The van der Waals surface area contributed by atoms with Gasteiger partial charge in [0.25, 0.3) is 0 Å². The van der Waals surface area contributed by atoms with Crippen LogP contribution in [-0.2, 0) is 23.2 Å². The Morgan fingerprint density at radius 2 is 2.04 bits per heavy atom. The maximum atomic E-state index is 12.5. The number of piperidine rings is 1. The number of hydrogen-bond donors (Lipinski definition) is 2. The molecule has 134 valence electrons. The average Bonchev–Trinajstić information content (AvgIpc) is 3.27. The molecule has 25 heavy (non-hydrogen) atoms. The van der Waals surface area contributed by atoms with E-state index in [1.807, 2.05) is 13.1 Å². The fourth-order valence-electron chi connectivity index (χ4n) is 3.08. The zero-order valence-corrected chi connectivity index (χ0v) is 14.3. The van der Waals surface area contributed by atoms with E-state index in [1.165, 1.54) is 10.9 Å². The summed E-state index contributed by atoms with van der Waals surface area (Å²) in [6.07, 6.45) is 5.90. The lowest BCUT2D eigenvalue weighted by Gasteiger charge is -2.41. The molecular weight excluding hydrogens is 324 g/mol. The van der Waals surface area contributed by atoms with Gasteiger partial charge >= 0.3 is 0 Å². The second-order valence-electron chi connectivity index (χ2n) is 6.11. The third-order valence-electron chi connectivity index (χ3n) is 4.59. The molecule has 3 rings (SSSR count). The number of rotatable bonds is 5. The third kappa shape index (κ3) is 3.47. The van der Waals surface area contributed by atoms with Gasteiger partial charge in [-0.25, -0.2) is 4.68 Å². The lowest BCUT2D eigenvalue weighted by atomic mass is 9.86. The Hall–Kier alpha value is -2.91. The van der Waals surface area contributed by atoms with Gasteiger partial charge in [-0.15, -0.1) is 5.10 Å². The van der Waals surface area contributed by atoms with Gasteiger partial charge in [0.1, 0.15) is 17.9 Å². The van der Waals surface area contributed by atoms with E-state index in [2.05, 4.69) is 26.0 Å². The molecule has 1 aliphatic heterocycles. The van der Waals surface area contributed by atoms with Crippen molar-refractivity contribution in [2.24, 2.45) is 7.05 Å². The number of amides is 2. The van der Waals surface area contributed by atoms with E-state index in [0.717, 1.165) is 5.82 Å². The number of hydrogen-bond acceptors (Lipinski definition) is 6. The fraction of sp³-hybridized carbons (Fsp3) is 0.533. The van der Waals surface area contributed by atoms with Crippen molar-refractivity contribution in [3.05, 3.63) is 24.7 Å². The minimum absolute atomic E-state index is 0.0310. The summed E-state index contributed by atoms with van der Waals surface area (Å²) in [5, 5.41) is 17.7. The lowest BCUT2D eigenvalue weighted by molar-refractivity contribution is -0.136. The van der Waals surface area contributed by atoms with Crippen LogP contribution < -0.4 is 10.6 Å². The van der Waals surface area contributed by atoms with Crippen molar-refractivity contribution in [3.63, 3.8) is 0 Å². The predicted octanol–water partition coefficient (Wildman–Crippen LogP) is -0.769. The van der Waals surface area contributed by atoms with E-state index < -0.39 is 5.54 Å². The summed E-state index contributed by atoms with van der Waals surface area (Å²) in [5.41, 5.74) is -0.757. The van der Waals surface area contributed by atoms with Gasteiger partial charge in [-0.2, -0.15) is 5.10 Å². The topological polar surface area (TPSA) is 110 Å². The summed E-state index contributed by atoms with van der Waals surface area (Å²) in [5.74, 6) is 0.652. The Bertz CT molecular complexity index is 731. The third-order valence-corrected chi connectivity index (χ3v) is 4.59. The molecule has 0 spiro atoms. The SMILES string of the molecule is CNC(=O)C1(Nc2ccnn2C)CCN(C(=O)Cn2ccnn2)CC1. The number of carbonyl (C=O) groups excluding carboxylic acids is 2. The van der Waals surface area contributed by atoms with E-state index in [-0.39, 0.29) is 18.4 Å². The zero-order chi connectivity index (χ0) is 17.9. The van der Waals surface area contributed by atoms with E-state index in [1.54, 1.807) is 29.0 Å². The Morgan fingerprint density at radius 3 is 2.60 bits per heavy atom. The molecule has 0 aromatic carbocycles. The van der Waals surface area contributed by atoms with Gasteiger partial charge in [0.15, 0.2) is 0 Å². The molecule has 0 radical (unpaired) electrons. The van der Waals surface area contributed by atoms with Gasteiger partial charge in [-0.05, 0) is 12.8 Å². The summed E-state index contributed by atoms with van der Waals surface area (Å²) < 4.78 is 3.18. The summed E-state index contributed by atoms with van der Waals surface area (Å²) in [6, 6.07) is 1.83. The number of aryl methyl sites for hydroxylation is 1. The van der Waals surface area contributed by atoms with Gasteiger partial charge in [0.2, 0.25) is 11.8 Å². The number of nitrogens with zero attached hydrogens (tertiary/aromatic N) is 6. The van der Waals surface area contributed by atoms with Crippen molar-refractivity contribution in [2.45, 2.75) is 24.9 Å². The molecule has 2 aromatic heterocycles. The van der Waals surface area contributed by atoms with E-state index in [0.29, 0.717) is 25.9 Å². The second kappa shape index (κ2) is 6.91. The van der Waals surface area contributed by atoms with Gasteiger partial charge < -0.3 is 15.5 Å². The molecule has 2 aromatic rings. The smallest absolute Gasteiger partial charge is 0.245 e. The first-order valence-corrected chi connectivity index (χ1v) is 8.14. The summed E-state index contributed by atoms with van der Waals surface area (Å²) >= 11 is 0. The van der Waals surface area contributed by atoms with Gasteiger partial charge in [-0.1, -0.05) is 5.21 Å². The number of carbonyl (C=O) groups is 2. The van der Waals surface area contributed by atoms with Crippen LogP contribution in [0.2, 0.25) is 0 Å². The molecule has 10 heteroatoms. The highest BCUT2D eigenvalue weighted by molar-refractivity contribution is 5.89. The molecule has 0 saturated carbocycles. The highest BCUT2D eigenvalue weighted by atomic mass is 16.2. The van der Waals surface area contributed by atoms with Gasteiger partial charge in [-0.3, -0.25) is 14.3 Å². The van der Waals surface area contributed by atoms with Crippen molar-refractivity contribution in [1.82, 2.24) is 35.0 Å². The second-order valence-corrected chi connectivity index (χ2v) is 6.11. The van der Waals surface area contributed by atoms with Crippen LogP contribution >= 0.6 is 0 Å². The van der Waals surface area contributed by atoms with Crippen molar-refractivity contribution < 1.29 is 9.59 Å². The number of aromatic nitrogens is 5. The van der Waals surface area contributed by atoms with Gasteiger partial charge in [0.05, 0.1) is 12.4 Å². The van der Waals surface area contributed by atoms with Crippen molar-refractivity contribution >= 4 is 17.6 Å². The van der Waals surface area contributed by atoms with Crippen molar-refractivity contribution in [2.75, 3.05) is 25.5 Å². The molecule has 0 bridgehead atoms. The first kappa shape index (κ1) is 16.9. The first-order valence-electron chi connectivity index (χ1n) is 8.14. The number of likely N-dealkylation sites (tertiary alicyclic amines) is 1. The maximum Gasteiger partial charge on any atom is 0.245 e. The number of anilines is 1. The Labute approximate surface area is 145 Å². The van der Waals surface area contributed by atoms with Crippen LogP contribution in [-0.4, -0.2) is 67.2 Å². The van der Waals surface area contributed by atoms with Crippen molar-refractivity contribution in [3.8, 4) is 0 Å². The largest absolute Gasteiger partial charge is 0.357 e. The van der Waals surface area contributed by atoms with Crippen LogP contribution in [0.5, 0.6) is 0 Å². The van der Waals surface area contributed by atoms with Gasteiger partial charge in [0, 0.05) is 39.4 Å². The van der Waals surface area contributed by atoms with Crippen LogP contribution in [0.25, 0.3) is 0 Å². The Balaban J connectivity index is 1.68. The van der Waals surface area contributed by atoms with E-state index in [9.17, 15) is 9.59 Å². The lowest BCUT2D eigenvalue weighted by Crippen LogP contribution is -2.59. The minimum atomic E-state index is -0.757. The molecule has 1 aliphatic rings. The van der Waals surface area contributed by atoms with Crippen LogP contribution in [0.15, 0.2) is 24.7 Å². The zero-order valence-electron chi connectivity index (χ0n) is 14.3. The molecule has 0 atom stereocenters. The predicted molar refractivity (Wildman–Crippen MR) is 89.5 cm³/mol. The number of nitrogens with one attached hydrogen (secondary N) is 2. The van der Waals surface area contributed by atoms with Crippen LogP contribution in [0, 0.1) is 0 Å². The molecular formula is C15H22N8O2. The summed E-state index contributed by atoms with van der Waals surface area (Å²) in [6.45, 7) is 1.14.